The average molecular weight is 450 g/mol. The van der Waals surface area contributed by atoms with E-state index >= 15 is 0 Å². The molecular formula is C31H14O4. The third-order valence-corrected chi connectivity index (χ3v) is 8.74. The molecule has 10 rings (SSSR count). The lowest BCUT2D eigenvalue weighted by atomic mass is 9.71. The number of ether oxygens (including phenoxy) is 1. The van der Waals surface area contributed by atoms with Crippen molar-refractivity contribution in [3.05, 3.63) is 82.9 Å². The summed E-state index contributed by atoms with van der Waals surface area (Å²) in [4.78, 5) is 11.9. The number of carboxylic acids is 1. The third kappa shape index (κ3) is 1.60. The zero-order chi connectivity index (χ0) is 23.0. The summed E-state index contributed by atoms with van der Waals surface area (Å²) < 4.78 is 6.54. The molecule has 1 spiro atoms. The Bertz CT molecular complexity index is 2240. The number of carbonyl (C=O) groups is 1. The molecule has 2 N–H and O–H groups in total. The molecule has 2 atom stereocenters. The van der Waals surface area contributed by atoms with Crippen LogP contribution < -0.4 is 0 Å². The van der Waals surface area contributed by atoms with Crippen molar-refractivity contribution in [3.63, 3.8) is 0 Å². The van der Waals surface area contributed by atoms with Crippen molar-refractivity contribution in [1.29, 1.82) is 0 Å². The van der Waals surface area contributed by atoms with Gasteiger partial charge in [-0.3, -0.25) is 0 Å². The first-order valence-corrected chi connectivity index (χ1v) is 11.8. The minimum Gasteiger partial charge on any atom is -0.507 e. The van der Waals surface area contributed by atoms with Crippen molar-refractivity contribution in [1.82, 2.24) is 0 Å². The van der Waals surface area contributed by atoms with Crippen LogP contribution in [-0.4, -0.2) is 16.2 Å². The molecule has 0 bridgehead atoms. The van der Waals surface area contributed by atoms with Gasteiger partial charge in [-0.1, -0.05) is 24.3 Å². The number of phenols is 1. The van der Waals surface area contributed by atoms with Crippen molar-refractivity contribution in [2.45, 2.75) is 11.7 Å². The van der Waals surface area contributed by atoms with E-state index in [-0.39, 0.29) is 17.4 Å². The summed E-state index contributed by atoms with van der Waals surface area (Å²) in [5.74, 6) is -0.700. The highest BCUT2D eigenvalue weighted by Crippen LogP contribution is 2.69. The lowest BCUT2D eigenvalue weighted by Gasteiger charge is -2.30. The Hall–Kier alpha value is -4.41. The van der Waals surface area contributed by atoms with E-state index in [4.69, 9.17) is 4.74 Å². The van der Waals surface area contributed by atoms with Crippen LogP contribution in [0, 0.1) is 0 Å². The number of fused-ring (bicyclic) bond motifs is 1. The van der Waals surface area contributed by atoms with Gasteiger partial charge in [-0.25, -0.2) is 4.79 Å². The van der Waals surface area contributed by atoms with E-state index < -0.39 is 11.6 Å². The molecule has 1 aliphatic heterocycles. The molecule has 35 heavy (non-hydrogen) atoms. The third-order valence-electron chi connectivity index (χ3n) is 8.74. The smallest absolute Gasteiger partial charge is 0.335 e. The fourth-order valence-electron chi connectivity index (χ4n) is 7.48. The van der Waals surface area contributed by atoms with Crippen molar-refractivity contribution in [3.8, 4) is 5.75 Å². The van der Waals surface area contributed by atoms with Crippen LogP contribution in [0.4, 0.5) is 0 Å². The van der Waals surface area contributed by atoms with E-state index in [1.54, 1.807) is 12.1 Å². The van der Waals surface area contributed by atoms with Crippen LogP contribution in [0.2, 0.25) is 0 Å². The first kappa shape index (κ1) is 17.1. The number of aromatic carboxylic acids is 1. The molecule has 1 saturated heterocycles. The fourth-order valence-corrected chi connectivity index (χ4v) is 7.48. The molecule has 3 aliphatic rings. The van der Waals surface area contributed by atoms with Crippen molar-refractivity contribution in [2.75, 3.05) is 0 Å². The zero-order valence-corrected chi connectivity index (χ0v) is 18.1. The number of benzene rings is 7. The number of hydrogen-bond donors (Lipinski definition) is 2. The summed E-state index contributed by atoms with van der Waals surface area (Å²) in [5, 5.41) is 33.7. The van der Waals surface area contributed by atoms with Gasteiger partial charge in [0.2, 0.25) is 0 Å². The van der Waals surface area contributed by atoms with E-state index in [1.807, 2.05) is 12.1 Å². The summed E-state index contributed by atoms with van der Waals surface area (Å²) in [6, 6.07) is 18.0. The van der Waals surface area contributed by atoms with Crippen molar-refractivity contribution in [2.24, 2.45) is 0 Å². The lowest BCUT2D eigenvalue weighted by Crippen LogP contribution is -2.16. The second kappa shape index (κ2) is 4.85. The average Bonchev–Trinajstić information content (AvgIpc) is 3.59. The topological polar surface area (TPSA) is 70.1 Å². The maximum absolute atomic E-state index is 11.9. The maximum atomic E-state index is 11.9. The van der Waals surface area contributed by atoms with E-state index in [1.165, 1.54) is 27.3 Å². The van der Waals surface area contributed by atoms with Crippen LogP contribution in [0.5, 0.6) is 5.75 Å². The molecule has 162 valence electrons. The Balaban J connectivity index is 1.64. The van der Waals surface area contributed by atoms with Gasteiger partial charge >= 0.3 is 5.97 Å². The van der Waals surface area contributed by atoms with Crippen LogP contribution in [0.25, 0.3) is 70.7 Å². The molecule has 0 saturated carbocycles. The Labute approximate surface area is 196 Å². The number of aromatic hydroxyl groups is 1. The predicted molar refractivity (Wildman–Crippen MR) is 137 cm³/mol. The van der Waals surface area contributed by atoms with Crippen LogP contribution in [-0.2, 0) is 10.3 Å². The molecule has 2 aliphatic carbocycles. The number of hydrogen-bond acceptors (Lipinski definition) is 3. The van der Waals surface area contributed by atoms with Crippen LogP contribution in [0.1, 0.15) is 33.2 Å². The Morgan fingerprint density at radius 2 is 1.63 bits per heavy atom. The Morgan fingerprint density at radius 1 is 0.800 bits per heavy atom. The van der Waals surface area contributed by atoms with E-state index in [0.29, 0.717) is 0 Å². The Morgan fingerprint density at radius 3 is 2.49 bits per heavy atom. The number of epoxide rings is 1. The first-order chi connectivity index (χ1) is 17.0. The van der Waals surface area contributed by atoms with Crippen molar-refractivity contribution < 1.29 is 19.7 Å². The molecular weight excluding hydrogens is 436 g/mol. The quantitative estimate of drug-likeness (QED) is 0.158. The second-order valence-electron chi connectivity index (χ2n) is 10.3. The minimum absolute atomic E-state index is 0.0132. The molecule has 7 aromatic carbocycles. The molecule has 1 fully saturated rings. The van der Waals surface area contributed by atoms with Crippen molar-refractivity contribution >= 4 is 76.7 Å². The summed E-state index contributed by atoms with van der Waals surface area (Å²) >= 11 is 0. The molecule has 7 aromatic rings. The SMILES string of the molecule is O=C(O)c1cc2cc3c4c5c6c7c(cccc7cc7c(O)cc8cc(c1)c2c4c8c76)C1OC51C=C3. The summed E-state index contributed by atoms with van der Waals surface area (Å²) in [6.45, 7) is 0. The van der Waals surface area contributed by atoms with E-state index in [9.17, 15) is 15.0 Å². The van der Waals surface area contributed by atoms with Crippen LogP contribution in [0.15, 0.2) is 60.7 Å². The fraction of sp³-hybridized carbons (Fsp3) is 0.0645. The van der Waals surface area contributed by atoms with E-state index in [0.717, 1.165) is 54.0 Å². The monoisotopic (exact) mass is 450 g/mol. The highest BCUT2D eigenvalue weighted by Gasteiger charge is 2.62. The molecule has 0 amide bonds. The lowest BCUT2D eigenvalue weighted by molar-refractivity contribution is 0.0697. The molecule has 2 unspecified atom stereocenters. The second-order valence-corrected chi connectivity index (χ2v) is 10.3. The molecule has 1 heterocycles. The molecule has 0 aromatic heterocycles. The van der Waals surface area contributed by atoms with Gasteiger partial charge in [-0.05, 0) is 107 Å². The summed E-state index contributed by atoms with van der Waals surface area (Å²) in [6.07, 6.45) is 4.32. The highest BCUT2D eigenvalue weighted by atomic mass is 16.6. The number of carboxylic acid groups (broad SMARTS) is 1. The molecule has 0 radical (unpaired) electrons. The van der Waals surface area contributed by atoms with Gasteiger partial charge in [-0.2, -0.15) is 0 Å². The normalized spacial score (nSPS) is 21.7. The number of phenolic OH excluding ortho intramolecular Hbond substituents is 1. The standard InChI is InChI=1S/C31H14O4/c32-20-11-16-7-15-9-17(30(33)34)8-14-6-13-4-5-31-28-24(13)26(21(14)15)23(16)25-19(20)10-12-2-1-3-18(29(31)35-31)22(12)27(25)28/h1-11,29,32H,(H,33,34). The van der Waals surface area contributed by atoms with Gasteiger partial charge in [0.1, 0.15) is 17.5 Å². The highest BCUT2D eigenvalue weighted by molar-refractivity contribution is 6.42. The van der Waals surface area contributed by atoms with Crippen LogP contribution >= 0.6 is 0 Å². The number of rotatable bonds is 1. The predicted octanol–water partition coefficient (Wildman–Crippen LogP) is 7.19. The van der Waals surface area contributed by atoms with Gasteiger partial charge in [0.05, 0.1) is 5.56 Å². The summed E-state index contributed by atoms with van der Waals surface area (Å²) in [5.41, 5.74) is 3.28. The largest absolute Gasteiger partial charge is 0.507 e. The maximum Gasteiger partial charge on any atom is 0.335 e. The van der Waals surface area contributed by atoms with Gasteiger partial charge in [0.15, 0.2) is 0 Å². The van der Waals surface area contributed by atoms with Crippen LogP contribution in [0.3, 0.4) is 0 Å². The molecule has 4 heteroatoms. The van der Waals surface area contributed by atoms with Gasteiger partial charge < -0.3 is 14.9 Å². The first-order valence-electron chi connectivity index (χ1n) is 11.8. The molecule has 4 nitrogen and oxygen atoms in total. The minimum atomic E-state index is -0.943. The van der Waals surface area contributed by atoms with Gasteiger partial charge in [0.25, 0.3) is 0 Å². The zero-order valence-electron chi connectivity index (χ0n) is 18.1. The van der Waals surface area contributed by atoms with Gasteiger partial charge in [-0.15, -0.1) is 0 Å². The summed E-state index contributed by atoms with van der Waals surface area (Å²) in [7, 11) is 0. The van der Waals surface area contributed by atoms with Gasteiger partial charge in [0, 0.05) is 16.3 Å². The Kier molecular flexibility index (Phi) is 2.37. The van der Waals surface area contributed by atoms with E-state index in [2.05, 4.69) is 42.5 Å².